The van der Waals surface area contributed by atoms with Gasteiger partial charge in [-0.25, -0.2) is 0 Å². The van der Waals surface area contributed by atoms with Crippen LogP contribution in [-0.2, 0) is 33.4 Å². The third-order valence-electron chi connectivity index (χ3n) is 4.22. The first-order valence-corrected chi connectivity index (χ1v) is 7.61. The first-order chi connectivity index (χ1) is 9.92. The van der Waals surface area contributed by atoms with E-state index in [4.69, 9.17) is 0 Å². The van der Waals surface area contributed by atoms with Gasteiger partial charge in [-0.1, -0.05) is 6.92 Å². The summed E-state index contributed by atoms with van der Waals surface area (Å²) in [5.74, 6) is 0. The molecule has 0 aliphatic heterocycles. The number of rotatable bonds is 6. The van der Waals surface area contributed by atoms with Crippen molar-refractivity contribution in [3.63, 3.8) is 0 Å². The standard InChI is InChI=1S/C16H26N4O/c1-6-13-9-14(20(5)18-13)10-15(21)7-8-16-11(2)17-19(4)12(16)3/h9,15,21H,6-8,10H2,1-5H3. The summed E-state index contributed by atoms with van der Waals surface area (Å²) in [5.41, 5.74) is 5.69. The Morgan fingerprint density at radius 2 is 1.90 bits per heavy atom. The van der Waals surface area contributed by atoms with Crippen molar-refractivity contribution in [1.82, 2.24) is 19.6 Å². The number of hydrogen-bond acceptors (Lipinski definition) is 3. The molecule has 2 rings (SSSR count). The van der Waals surface area contributed by atoms with Crippen LogP contribution in [-0.4, -0.2) is 30.8 Å². The molecular weight excluding hydrogens is 264 g/mol. The van der Waals surface area contributed by atoms with Crippen molar-refractivity contribution in [1.29, 1.82) is 0 Å². The van der Waals surface area contributed by atoms with E-state index in [0.717, 1.165) is 36.3 Å². The normalized spacial score (nSPS) is 12.9. The summed E-state index contributed by atoms with van der Waals surface area (Å²) in [6.45, 7) is 6.20. The van der Waals surface area contributed by atoms with Gasteiger partial charge in [-0.2, -0.15) is 10.2 Å². The van der Waals surface area contributed by atoms with Gasteiger partial charge in [0.2, 0.25) is 0 Å². The largest absolute Gasteiger partial charge is 0.393 e. The quantitative estimate of drug-likeness (QED) is 0.883. The van der Waals surface area contributed by atoms with Crippen LogP contribution in [0.3, 0.4) is 0 Å². The van der Waals surface area contributed by atoms with Crippen LogP contribution >= 0.6 is 0 Å². The second kappa shape index (κ2) is 6.43. The highest BCUT2D eigenvalue weighted by Crippen LogP contribution is 2.16. The molecule has 1 N–H and O–H groups in total. The van der Waals surface area contributed by atoms with E-state index in [0.29, 0.717) is 6.42 Å². The molecule has 0 bridgehead atoms. The van der Waals surface area contributed by atoms with Gasteiger partial charge in [0.05, 0.1) is 17.5 Å². The fourth-order valence-corrected chi connectivity index (χ4v) is 2.77. The first-order valence-electron chi connectivity index (χ1n) is 7.61. The van der Waals surface area contributed by atoms with Gasteiger partial charge in [-0.05, 0) is 44.7 Å². The van der Waals surface area contributed by atoms with Gasteiger partial charge < -0.3 is 5.11 Å². The lowest BCUT2D eigenvalue weighted by atomic mass is 10.0. The van der Waals surface area contributed by atoms with Crippen molar-refractivity contribution < 1.29 is 5.11 Å². The van der Waals surface area contributed by atoms with Crippen LogP contribution in [0.15, 0.2) is 6.07 Å². The van der Waals surface area contributed by atoms with E-state index in [1.807, 2.05) is 30.4 Å². The van der Waals surface area contributed by atoms with E-state index in [-0.39, 0.29) is 6.10 Å². The molecule has 0 radical (unpaired) electrons. The lowest BCUT2D eigenvalue weighted by Gasteiger charge is -2.11. The van der Waals surface area contributed by atoms with E-state index in [1.165, 1.54) is 11.3 Å². The van der Waals surface area contributed by atoms with Crippen LogP contribution in [0, 0.1) is 13.8 Å². The molecule has 116 valence electrons. The van der Waals surface area contributed by atoms with Gasteiger partial charge >= 0.3 is 0 Å². The highest BCUT2D eigenvalue weighted by atomic mass is 16.3. The summed E-state index contributed by atoms with van der Waals surface area (Å²) in [4.78, 5) is 0. The molecule has 0 aliphatic carbocycles. The molecular formula is C16H26N4O. The van der Waals surface area contributed by atoms with Crippen molar-refractivity contribution in [3.8, 4) is 0 Å². The molecule has 2 heterocycles. The molecule has 0 saturated carbocycles. The highest BCUT2D eigenvalue weighted by molar-refractivity contribution is 5.24. The molecule has 0 fully saturated rings. The number of nitrogens with zero attached hydrogens (tertiary/aromatic N) is 4. The van der Waals surface area contributed by atoms with Crippen molar-refractivity contribution >= 4 is 0 Å². The predicted molar refractivity (Wildman–Crippen MR) is 83.3 cm³/mol. The topological polar surface area (TPSA) is 55.9 Å². The Bertz CT molecular complexity index is 612. The Labute approximate surface area is 126 Å². The molecule has 0 saturated heterocycles. The average molecular weight is 290 g/mol. The van der Waals surface area contributed by atoms with E-state index < -0.39 is 0 Å². The molecule has 0 aromatic carbocycles. The van der Waals surface area contributed by atoms with Gasteiger partial charge in [-0.3, -0.25) is 9.36 Å². The van der Waals surface area contributed by atoms with Gasteiger partial charge in [0.25, 0.3) is 0 Å². The smallest absolute Gasteiger partial charge is 0.0628 e. The third kappa shape index (κ3) is 3.53. The molecule has 21 heavy (non-hydrogen) atoms. The molecule has 0 aliphatic rings. The van der Waals surface area contributed by atoms with Gasteiger partial charge in [0.15, 0.2) is 0 Å². The maximum absolute atomic E-state index is 10.3. The molecule has 1 atom stereocenters. The van der Waals surface area contributed by atoms with Crippen molar-refractivity contribution in [2.24, 2.45) is 14.1 Å². The molecule has 5 nitrogen and oxygen atoms in total. The molecule has 2 aromatic rings. The lowest BCUT2D eigenvalue weighted by molar-refractivity contribution is 0.162. The van der Waals surface area contributed by atoms with Crippen LogP contribution < -0.4 is 0 Å². The number of hydrogen-bond donors (Lipinski definition) is 1. The van der Waals surface area contributed by atoms with Crippen LogP contribution in [0.2, 0.25) is 0 Å². The predicted octanol–water partition coefficient (Wildman–Crippen LogP) is 1.87. The fourth-order valence-electron chi connectivity index (χ4n) is 2.77. The van der Waals surface area contributed by atoms with E-state index in [9.17, 15) is 5.11 Å². The Kier molecular flexibility index (Phi) is 4.83. The number of aromatic nitrogens is 4. The summed E-state index contributed by atoms with van der Waals surface area (Å²) in [6.07, 6.45) is 2.86. The van der Waals surface area contributed by atoms with Crippen molar-refractivity contribution in [2.75, 3.05) is 0 Å². The molecule has 0 amide bonds. The average Bonchev–Trinajstić information content (AvgIpc) is 2.89. The minimum absolute atomic E-state index is 0.343. The molecule has 2 aromatic heterocycles. The molecule has 0 spiro atoms. The fraction of sp³-hybridized carbons (Fsp3) is 0.625. The Hall–Kier alpha value is -1.62. The summed E-state index contributed by atoms with van der Waals surface area (Å²) in [6, 6.07) is 2.09. The van der Waals surface area contributed by atoms with Crippen LogP contribution in [0.4, 0.5) is 0 Å². The van der Waals surface area contributed by atoms with Gasteiger partial charge in [0.1, 0.15) is 0 Å². The zero-order chi connectivity index (χ0) is 15.6. The first kappa shape index (κ1) is 15.8. The van der Waals surface area contributed by atoms with E-state index in [2.05, 4.69) is 30.1 Å². The summed E-state index contributed by atoms with van der Waals surface area (Å²) in [7, 11) is 3.90. The molecule has 1 unspecified atom stereocenters. The minimum Gasteiger partial charge on any atom is -0.393 e. The van der Waals surface area contributed by atoms with Gasteiger partial charge in [-0.15, -0.1) is 0 Å². The van der Waals surface area contributed by atoms with Crippen LogP contribution in [0.5, 0.6) is 0 Å². The third-order valence-corrected chi connectivity index (χ3v) is 4.22. The Morgan fingerprint density at radius 3 is 2.43 bits per heavy atom. The zero-order valence-electron chi connectivity index (χ0n) is 13.7. The number of aryl methyl sites for hydroxylation is 4. The number of aliphatic hydroxyl groups excluding tert-OH is 1. The van der Waals surface area contributed by atoms with E-state index >= 15 is 0 Å². The Balaban J connectivity index is 1.95. The second-order valence-corrected chi connectivity index (χ2v) is 5.77. The molecule has 5 heteroatoms. The van der Waals surface area contributed by atoms with Crippen molar-refractivity contribution in [3.05, 3.63) is 34.4 Å². The second-order valence-electron chi connectivity index (χ2n) is 5.77. The van der Waals surface area contributed by atoms with E-state index in [1.54, 1.807) is 0 Å². The zero-order valence-corrected chi connectivity index (χ0v) is 13.7. The van der Waals surface area contributed by atoms with Gasteiger partial charge in [0, 0.05) is 31.9 Å². The highest BCUT2D eigenvalue weighted by Gasteiger charge is 2.14. The van der Waals surface area contributed by atoms with Crippen molar-refractivity contribution in [2.45, 2.75) is 52.6 Å². The van der Waals surface area contributed by atoms with Crippen LogP contribution in [0.1, 0.15) is 41.7 Å². The van der Waals surface area contributed by atoms with Crippen LogP contribution in [0.25, 0.3) is 0 Å². The monoisotopic (exact) mass is 290 g/mol. The summed E-state index contributed by atoms with van der Waals surface area (Å²) < 4.78 is 3.79. The summed E-state index contributed by atoms with van der Waals surface area (Å²) in [5, 5.41) is 19.1. The number of aliphatic hydroxyl groups is 1. The SMILES string of the molecule is CCc1cc(CC(O)CCc2c(C)nn(C)c2C)n(C)n1. The maximum Gasteiger partial charge on any atom is 0.0628 e. The Morgan fingerprint density at radius 1 is 1.19 bits per heavy atom. The minimum atomic E-state index is -0.343. The maximum atomic E-state index is 10.3. The lowest BCUT2D eigenvalue weighted by Crippen LogP contribution is -2.14. The summed E-state index contributed by atoms with van der Waals surface area (Å²) >= 11 is 0.